The Labute approximate surface area is 157 Å². The molecule has 0 aliphatic heterocycles. The lowest BCUT2D eigenvalue weighted by Gasteiger charge is -2.16. The molecule has 6 heteroatoms. The number of benzene rings is 1. The van der Waals surface area contributed by atoms with Gasteiger partial charge in [-0.25, -0.2) is 4.79 Å². The predicted octanol–water partition coefficient (Wildman–Crippen LogP) is 4.07. The van der Waals surface area contributed by atoms with Crippen molar-refractivity contribution in [2.45, 2.75) is 39.2 Å². The number of carbonyl (C=O) groups excluding carboxylic acids is 2. The van der Waals surface area contributed by atoms with Gasteiger partial charge in [-0.2, -0.15) is 0 Å². The van der Waals surface area contributed by atoms with Crippen molar-refractivity contribution < 1.29 is 19.1 Å². The third-order valence-electron chi connectivity index (χ3n) is 4.55. The van der Waals surface area contributed by atoms with E-state index in [4.69, 9.17) is 9.47 Å². The van der Waals surface area contributed by atoms with E-state index in [-0.39, 0.29) is 0 Å². The number of aryl methyl sites for hydroxylation is 1. The van der Waals surface area contributed by atoms with E-state index in [0.717, 1.165) is 19.3 Å². The lowest BCUT2D eigenvalue weighted by atomic mass is 9.90. The average Bonchev–Trinajstić information content (AvgIpc) is 3.05. The number of para-hydroxylation sites is 2. The highest BCUT2D eigenvalue weighted by Crippen LogP contribution is 2.32. The number of nitrogens with one attached hydrogen (secondary N) is 1. The van der Waals surface area contributed by atoms with Crippen molar-refractivity contribution in [1.29, 1.82) is 0 Å². The molecule has 1 heterocycles. The molecule has 1 aliphatic carbocycles. The van der Waals surface area contributed by atoms with Gasteiger partial charge < -0.3 is 14.8 Å². The topological polar surface area (TPSA) is 64.6 Å². The van der Waals surface area contributed by atoms with Crippen molar-refractivity contribution in [3.63, 3.8) is 0 Å². The van der Waals surface area contributed by atoms with E-state index in [1.807, 2.05) is 12.1 Å². The molecule has 1 aliphatic rings. The molecule has 0 saturated carbocycles. The third kappa shape index (κ3) is 4.07. The first-order chi connectivity index (χ1) is 12.5. The first-order valence-electron chi connectivity index (χ1n) is 8.74. The SMILES string of the molecule is COc1ccccc1NC(=O)[C@H](C)OC(=O)c1cc2c(s1)CC[C@H](C)C2. The van der Waals surface area contributed by atoms with Crippen LogP contribution in [0, 0.1) is 5.92 Å². The fraction of sp³-hybridized carbons (Fsp3) is 0.400. The normalized spacial score (nSPS) is 17.1. The van der Waals surface area contributed by atoms with Crippen LogP contribution in [0.15, 0.2) is 30.3 Å². The van der Waals surface area contributed by atoms with E-state index in [0.29, 0.717) is 22.2 Å². The first kappa shape index (κ1) is 18.5. The van der Waals surface area contributed by atoms with E-state index >= 15 is 0 Å². The molecule has 1 amide bonds. The number of hydrogen-bond donors (Lipinski definition) is 1. The zero-order valence-electron chi connectivity index (χ0n) is 15.2. The Hall–Kier alpha value is -2.34. The summed E-state index contributed by atoms with van der Waals surface area (Å²) in [5, 5.41) is 2.74. The molecule has 1 N–H and O–H groups in total. The molecule has 2 aromatic rings. The van der Waals surface area contributed by atoms with Crippen LogP contribution in [0.3, 0.4) is 0 Å². The van der Waals surface area contributed by atoms with Crippen molar-refractivity contribution in [1.82, 2.24) is 0 Å². The minimum atomic E-state index is -0.898. The molecule has 26 heavy (non-hydrogen) atoms. The molecule has 0 spiro atoms. The van der Waals surface area contributed by atoms with Crippen LogP contribution in [-0.4, -0.2) is 25.1 Å². The predicted molar refractivity (Wildman–Crippen MR) is 102 cm³/mol. The molecule has 138 valence electrons. The largest absolute Gasteiger partial charge is 0.495 e. The summed E-state index contributed by atoms with van der Waals surface area (Å²) in [6, 6.07) is 9.02. The van der Waals surface area contributed by atoms with E-state index < -0.39 is 18.0 Å². The van der Waals surface area contributed by atoms with Crippen molar-refractivity contribution >= 4 is 28.9 Å². The lowest BCUT2D eigenvalue weighted by Crippen LogP contribution is -2.29. The van der Waals surface area contributed by atoms with E-state index in [9.17, 15) is 9.59 Å². The molecule has 5 nitrogen and oxygen atoms in total. The second-order valence-corrected chi connectivity index (χ2v) is 7.78. The minimum absolute atomic E-state index is 0.391. The van der Waals surface area contributed by atoms with E-state index in [1.54, 1.807) is 25.1 Å². The smallest absolute Gasteiger partial charge is 0.349 e. The van der Waals surface area contributed by atoms with Crippen molar-refractivity contribution in [3.05, 3.63) is 45.6 Å². The van der Waals surface area contributed by atoms with Gasteiger partial charge >= 0.3 is 5.97 Å². The highest BCUT2D eigenvalue weighted by molar-refractivity contribution is 7.14. The zero-order chi connectivity index (χ0) is 18.7. The maximum atomic E-state index is 12.4. The van der Waals surface area contributed by atoms with Gasteiger partial charge in [0.1, 0.15) is 10.6 Å². The molecule has 1 aromatic heterocycles. The van der Waals surface area contributed by atoms with Crippen LogP contribution in [0.1, 0.15) is 40.4 Å². The first-order valence-corrected chi connectivity index (χ1v) is 9.56. The number of fused-ring (bicyclic) bond motifs is 1. The van der Waals surface area contributed by atoms with Gasteiger partial charge in [-0.05, 0) is 55.9 Å². The van der Waals surface area contributed by atoms with Gasteiger partial charge in [0.2, 0.25) is 0 Å². The number of thiophene rings is 1. The Morgan fingerprint density at radius 2 is 2.08 bits per heavy atom. The average molecular weight is 373 g/mol. The van der Waals surface area contributed by atoms with Crippen LogP contribution in [-0.2, 0) is 22.4 Å². The van der Waals surface area contributed by atoms with Gasteiger partial charge in [0.25, 0.3) is 5.91 Å². The summed E-state index contributed by atoms with van der Waals surface area (Å²) in [6.07, 6.45) is 2.27. The highest BCUT2D eigenvalue weighted by atomic mass is 32.1. The number of rotatable bonds is 5. The maximum Gasteiger partial charge on any atom is 0.349 e. The van der Waals surface area contributed by atoms with Crippen LogP contribution in [0.25, 0.3) is 0 Å². The third-order valence-corrected chi connectivity index (χ3v) is 5.77. The fourth-order valence-electron chi connectivity index (χ4n) is 3.06. The zero-order valence-corrected chi connectivity index (χ0v) is 16.0. The van der Waals surface area contributed by atoms with Gasteiger partial charge in [0.05, 0.1) is 12.8 Å². The second-order valence-electron chi connectivity index (χ2n) is 6.64. The van der Waals surface area contributed by atoms with Crippen molar-refractivity contribution in [2.75, 3.05) is 12.4 Å². The summed E-state index contributed by atoms with van der Waals surface area (Å²) in [5.74, 6) is 0.364. The van der Waals surface area contributed by atoms with Gasteiger partial charge in [0, 0.05) is 4.88 Å². The number of methoxy groups -OCH3 is 1. The standard InChI is InChI=1S/C20H23NO4S/c1-12-8-9-17-14(10-12)11-18(26-17)20(23)25-13(2)19(22)21-15-6-4-5-7-16(15)24-3/h4-7,11-13H,8-10H2,1-3H3,(H,21,22)/t12-,13-/m0/s1. The second kappa shape index (κ2) is 7.91. The summed E-state index contributed by atoms with van der Waals surface area (Å²) in [6.45, 7) is 3.79. The number of hydrogen-bond acceptors (Lipinski definition) is 5. The van der Waals surface area contributed by atoms with Gasteiger partial charge in [-0.15, -0.1) is 11.3 Å². The lowest BCUT2D eigenvalue weighted by molar-refractivity contribution is -0.123. The summed E-state index contributed by atoms with van der Waals surface area (Å²) < 4.78 is 10.6. The molecular weight excluding hydrogens is 350 g/mol. The Kier molecular flexibility index (Phi) is 5.61. The molecule has 0 saturated heterocycles. The van der Waals surface area contributed by atoms with E-state index in [2.05, 4.69) is 12.2 Å². The highest BCUT2D eigenvalue weighted by Gasteiger charge is 2.24. The Morgan fingerprint density at radius 3 is 2.85 bits per heavy atom. The van der Waals surface area contributed by atoms with Crippen LogP contribution in [0.2, 0.25) is 0 Å². The van der Waals surface area contributed by atoms with E-state index in [1.165, 1.54) is 28.9 Å². The molecule has 0 fully saturated rings. The van der Waals surface area contributed by atoms with Crippen LogP contribution in [0.4, 0.5) is 5.69 Å². The van der Waals surface area contributed by atoms with Crippen LogP contribution < -0.4 is 10.1 Å². The van der Waals surface area contributed by atoms with Crippen molar-refractivity contribution in [2.24, 2.45) is 5.92 Å². The molecule has 0 bridgehead atoms. The fourth-order valence-corrected chi connectivity index (χ4v) is 4.15. The number of amides is 1. The molecule has 1 aromatic carbocycles. The Morgan fingerprint density at radius 1 is 1.31 bits per heavy atom. The van der Waals surface area contributed by atoms with Crippen LogP contribution >= 0.6 is 11.3 Å². The summed E-state index contributed by atoms with van der Waals surface area (Å²) in [5.41, 5.74) is 1.79. The monoisotopic (exact) mass is 373 g/mol. The number of ether oxygens (including phenoxy) is 2. The van der Waals surface area contributed by atoms with Crippen LogP contribution in [0.5, 0.6) is 5.75 Å². The molecule has 0 unspecified atom stereocenters. The van der Waals surface area contributed by atoms with Gasteiger partial charge in [-0.1, -0.05) is 19.1 Å². The summed E-state index contributed by atoms with van der Waals surface area (Å²) in [4.78, 5) is 26.6. The summed E-state index contributed by atoms with van der Waals surface area (Å²) in [7, 11) is 1.54. The quantitative estimate of drug-likeness (QED) is 0.803. The summed E-state index contributed by atoms with van der Waals surface area (Å²) >= 11 is 1.48. The van der Waals surface area contributed by atoms with Gasteiger partial charge in [0.15, 0.2) is 6.10 Å². The molecule has 0 radical (unpaired) electrons. The van der Waals surface area contributed by atoms with Gasteiger partial charge in [-0.3, -0.25) is 4.79 Å². The minimum Gasteiger partial charge on any atom is -0.495 e. The molecule has 2 atom stereocenters. The molecular formula is C20H23NO4S. The van der Waals surface area contributed by atoms with Crippen molar-refractivity contribution in [3.8, 4) is 5.75 Å². The number of carbonyl (C=O) groups is 2. The Bertz CT molecular complexity index is 814. The molecule has 3 rings (SSSR count). The number of anilines is 1. The number of esters is 1. The maximum absolute atomic E-state index is 12.4. The Balaban J connectivity index is 1.63.